The molecule has 2 aromatic heterocycles. The SMILES string of the molecule is CCc1c[nH]c2ncnc(Cl)c12. The third kappa shape index (κ3) is 0.975. The Hall–Kier alpha value is -1.09. The van der Waals surface area contributed by atoms with Gasteiger partial charge in [0.25, 0.3) is 0 Å². The Labute approximate surface area is 74.8 Å². The van der Waals surface area contributed by atoms with E-state index in [1.54, 1.807) is 0 Å². The van der Waals surface area contributed by atoms with Crippen molar-refractivity contribution in [2.75, 3.05) is 0 Å². The highest BCUT2D eigenvalue weighted by molar-refractivity contribution is 6.34. The Kier molecular flexibility index (Phi) is 1.73. The molecule has 1 N–H and O–H groups in total. The van der Waals surface area contributed by atoms with E-state index in [0.717, 1.165) is 23.0 Å². The second-order valence-electron chi connectivity index (χ2n) is 2.56. The minimum Gasteiger partial charge on any atom is -0.346 e. The van der Waals surface area contributed by atoms with Gasteiger partial charge < -0.3 is 4.98 Å². The Morgan fingerprint density at radius 3 is 3.08 bits per heavy atom. The Balaban J connectivity index is 2.83. The molecule has 0 saturated heterocycles. The lowest BCUT2D eigenvalue weighted by atomic mass is 10.2. The minimum absolute atomic E-state index is 0.526. The van der Waals surface area contributed by atoms with Crippen molar-refractivity contribution < 1.29 is 0 Å². The van der Waals surface area contributed by atoms with E-state index in [2.05, 4.69) is 21.9 Å². The third-order valence-electron chi connectivity index (χ3n) is 1.89. The summed E-state index contributed by atoms with van der Waals surface area (Å²) >= 11 is 5.91. The number of rotatable bonds is 1. The van der Waals surface area contributed by atoms with Crippen molar-refractivity contribution in [3.63, 3.8) is 0 Å². The van der Waals surface area contributed by atoms with E-state index in [4.69, 9.17) is 11.6 Å². The number of fused-ring (bicyclic) bond motifs is 1. The fourth-order valence-electron chi connectivity index (χ4n) is 1.26. The summed E-state index contributed by atoms with van der Waals surface area (Å²) in [5.74, 6) is 0. The molecule has 0 aromatic carbocycles. The predicted octanol–water partition coefficient (Wildman–Crippen LogP) is 2.17. The van der Waals surface area contributed by atoms with E-state index in [1.165, 1.54) is 6.33 Å². The average Bonchev–Trinajstić information content (AvgIpc) is 2.49. The molecule has 0 saturated carbocycles. The molecule has 2 heterocycles. The first-order valence-corrected chi connectivity index (χ1v) is 4.17. The van der Waals surface area contributed by atoms with Crippen LogP contribution in [0, 0.1) is 0 Å². The summed E-state index contributed by atoms with van der Waals surface area (Å²) in [7, 11) is 0. The summed E-state index contributed by atoms with van der Waals surface area (Å²) in [4.78, 5) is 11.0. The van der Waals surface area contributed by atoms with Gasteiger partial charge in [0.1, 0.15) is 17.1 Å². The van der Waals surface area contributed by atoms with Gasteiger partial charge in [0.15, 0.2) is 0 Å². The van der Waals surface area contributed by atoms with Crippen molar-refractivity contribution in [3.8, 4) is 0 Å². The first kappa shape index (κ1) is 7.55. The zero-order valence-corrected chi connectivity index (χ0v) is 7.39. The van der Waals surface area contributed by atoms with Crippen LogP contribution in [0.15, 0.2) is 12.5 Å². The number of halogens is 1. The first-order valence-electron chi connectivity index (χ1n) is 3.79. The molecule has 0 bridgehead atoms. The normalized spacial score (nSPS) is 10.8. The zero-order valence-electron chi connectivity index (χ0n) is 6.63. The van der Waals surface area contributed by atoms with Crippen LogP contribution < -0.4 is 0 Å². The molecule has 0 aliphatic carbocycles. The molecule has 0 aliphatic heterocycles. The third-order valence-corrected chi connectivity index (χ3v) is 2.17. The fourth-order valence-corrected chi connectivity index (χ4v) is 1.52. The molecule has 2 aromatic rings. The highest BCUT2D eigenvalue weighted by Gasteiger charge is 2.06. The molecule has 0 aliphatic rings. The van der Waals surface area contributed by atoms with Gasteiger partial charge in [0, 0.05) is 6.20 Å². The number of H-pyrrole nitrogens is 1. The number of aryl methyl sites for hydroxylation is 1. The van der Waals surface area contributed by atoms with E-state index in [1.807, 2.05) is 6.20 Å². The van der Waals surface area contributed by atoms with Crippen LogP contribution in [-0.4, -0.2) is 15.0 Å². The number of aromatic amines is 1. The lowest BCUT2D eigenvalue weighted by Crippen LogP contribution is -1.83. The standard InChI is InChI=1S/C8H8ClN3/c1-2-5-3-10-8-6(5)7(9)11-4-12-8/h3-4H,2H2,1H3,(H,10,11,12). The van der Waals surface area contributed by atoms with Crippen molar-refractivity contribution >= 4 is 22.6 Å². The van der Waals surface area contributed by atoms with E-state index in [-0.39, 0.29) is 0 Å². The molecule has 0 unspecified atom stereocenters. The van der Waals surface area contributed by atoms with Gasteiger partial charge in [-0.25, -0.2) is 9.97 Å². The molecule has 3 nitrogen and oxygen atoms in total. The lowest BCUT2D eigenvalue weighted by molar-refractivity contribution is 1.15. The van der Waals surface area contributed by atoms with Gasteiger partial charge in [0.05, 0.1) is 5.39 Å². The van der Waals surface area contributed by atoms with E-state index in [0.29, 0.717) is 5.15 Å². The van der Waals surface area contributed by atoms with Gasteiger partial charge in [-0.15, -0.1) is 0 Å². The number of nitrogens with one attached hydrogen (secondary N) is 1. The highest BCUT2D eigenvalue weighted by Crippen LogP contribution is 2.22. The molecule has 0 spiro atoms. The Morgan fingerprint density at radius 2 is 2.33 bits per heavy atom. The van der Waals surface area contributed by atoms with E-state index < -0.39 is 0 Å². The Morgan fingerprint density at radius 1 is 1.50 bits per heavy atom. The number of nitrogens with zero attached hydrogens (tertiary/aromatic N) is 2. The second-order valence-corrected chi connectivity index (χ2v) is 2.91. The molecule has 12 heavy (non-hydrogen) atoms. The van der Waals surface area contributed by atoms with Gasteiger partial charge in [0.2, 0.25) is 0 Å². The smallest absolute Gasteiger partial charge is 0.142 e. The summed E-state index contributed by atoms with van der Waals surface area (Å²) in [5, 5.41) is 1.47. The molecule has 0 radical (unpaired) electrons. The van der Waals surface area contributed by atoms with Crippen LogP contribution in [-0.2, 0) is 6.42 Å². The van der Waals surface area contributed by atoms with Gasteiger partial charge >= 0.3 is 0 Å². The molecule has 0 amide bonds. The second kappa shape index (κ2) is 2.75. The number of aromatic nitrogens is 3. The van der Waals surface area contributed by atoms with Crippen LogP contribution >= 0.6 is 11.6 Å². The molecule has 0 fully saturated rings. The van der Waals surface area contributed by atoms with Crippen LogP contribution in [0.1, 0.15) is 12.5 Å². The quantitative estimate of drug-likeness (QED) is 0.686. The summed E-state index contributed by atoms with van der Waals surface area (Å²) in [6.45, 7) is 2.08. The fraction of sp³-hybridized carbons (Fsp3) is 0.250. The molecule has 0 atom stereocenters. The largest absolute Gasteiger partial charge is 0.346 e. The van der Waals surface area contributed by atoms with Crippen LogP contribution in [0.25, 0.3) is 11.0 Å². The van der Waals surface area contributed by atoms with Crippen LogP contribution in [0.3, 0.4) is 0 Å². The minimum atomic E-state index is 0.526. The summed E-state index contributed by atoms with van der Waals surface area (Å²) in [6.07, 6.45) is 4.32. The summed E-state index contributed by atoms with van der Waals surface area (Å²) < 4.78 is 0. The van der Waals surface area contributed by atoms with Crippen molar-refractivity contribution in [2.45, 2.75) is 13.3 Å². The zero-order chi connectivity index (χ0) is 8.55. The first-order chi connectivity index (χ1) is 5.83. The predicted molar refractivity (Wildman–Crippen MR) is 48.3 cm³/mol. The van der Waals surface area contributed by atoms with Gasteiger partial charge in [-0.2, -0.15) is 0 Å². The molecule has 62 valence electrons. The molecule has 2 rings (SSSR count). The van der Waals surface area contributed by atoms with Gasteiger partial charge in [-0.05, 0) is 12.0 Å². The molecule has 4 heteroatoms. The van der Waals surface area contributed by atoms with Crippen LogP contribution in [0.5, 0.6) is 0 Å². The average molecular weight is 182 g/mol. The van der Waals surface area contributed by atoms with Crippen molar-refractivity contribution in [1.82, 2.24) is 15.0 Å². The van der Waals surface area contributed by atoms with Crippen molar-refractivity contribution in [2.24, 2.45) is 0 Å². The van der Waals surface area contributed by atoms with E-state index >= 15 is 0 Å². The van der Waals surface area contributed by atoms with Crippen LogP contribution in [0.4, 0.5) is 0 Å². The summed E-state index contributed by atoms with van der Waals surface area (Å²) in [5.41, 5.74) is 1.97. The highest BCUT2D eigenvalue weighted by atomic mass is 35.5. The van der Waals surface area contributed by atoms with Crippen molar-refractivity contribution in [1.29, 1.82) is 0 Å². The maximum atomic E-state index is 5.91. The molecular formula is C8H8ClN3. The summed E-state index contributed by atoms with van der Waals surface area (Å²) in [6, 6.07) is 0. The van der Waals surface area contributed by atoms with Gasteiger partial charge in [-0.3, -0.25) is 0 Å². The molecular weight excluding hydrogens is 174 g/mol. The van der Waals surface area contributed by atoms with Crippen molar-refractivity contribution in [3.05, 3.63) is 23.2 Å². The van der Waals surface area contributed by atoms with E-state index in [9.17, 15) is 0 Å². The number of hydrogen-bond donors (Lipinski definition) is 1. The lowest BCUT2D eigenvalue weighted by Gasteiger charge is -1.93. The maximum Gasteiger partial charge on any atom is 0.142 e. The van der Waals surface area contributed by atoms with Crippen LogP contribution in [0.2, 0.25) is 5.15 Å². The number of hydrogen-bond acceptors (Lipinski definition) is 2. The Bertz CT molecular complexity index is 408. The topological polar surface area (TPSA) is 41.6 Å². The maximum absolute atomic E-state index is 5.91. The monoisotopic (exact) mass is 181 g/mol. The van der Waals surface area contributed by atoms with Gasteiger partial charge in [-0.1, -0.05) is 18.5 Å².